The van der Waals surface area contributed by atoms with Gasteiger partial charge < -0.3 is 4.74 Å². The van der Waals surface area contributed by atoms with Gasteiger partial charge in [-0.1, -0.05) is 0 Å². The van der Waals surface area contributed by atoms with Crippen molar-refractivity contribution in [1.29, 1.82) is 0 Å². The third-order valence-electron chi connectivity index (χ3n) is 1.49. The van der Waals surface area contributed by atoms with E-state index in [1.165, 1.54) is 4.90 Å². The molecule has 4 nitrogen and oxygen atoms in total. The minimum absolute atomic E-state index is 0.00632. The SMILES string of the molecule is CC(C)OC(=O)N(C)CNC(C)(C)C. The molecule has 4 heteroatoms. The van der Waals surface area contributed by atoms with Gasteiger partial charge in [0.2, 0.25) is 0 Å². The number of rotatable bonds is 3. The Morgan fingerprint density at radius 3 is 2.29 bits per heavy atom. The van der Waals surface area contributed by atoms with Gasteiger partial charge in [-0.15, -0.1) is 0 Å². The number of nitrogens with one attached hydrogen (secondary N) is 1. The van der Waals surface area contributed by atoms with Crippen molar-refractivity contribution in [2.75, 3.05) is 13.7 Å². The summed E-state index contributed by atoms with van der Waals surface area (Å²) in [5.41, 5.74) is 0.00632. The molecule has 0 aromatic heterocycles. The van der Waals surface area contributed by atoms with Crippen LogP contribution >= 0.6 is 0 Å². The second kappa shape index (κ2) is 5.20. The number of ether oxygens (including phenoxy) is 1. The summed E-state index contributed by atoms with van der Waals surface area (Å²) < 4.78 is 5.02. The van der Waals surface area contributed by atoms with E-state index in [-0.39, 0.29) is 17.7 Å². The third-order valence-corrected chi connectivity index (χ3v) is 1.49. The molecule has 0 atom stereocenters. The van der Waals surface area contributed by atoms with E-state index in [4.69, 9.17) is 4.74 Å². The van der Waals surface area contributed by atoms with Crippen molar-refractivity contribution in [1.82, 2.24) is 10.2 Å². The van der Waals surface area contributed by atoms with Gasteiger partial charge in [0.25, 0.3) is 0 Å². The molecule has 0 fully saturated rings. The van der Waals surface area contributed by atoms with Crippen molar-refractivity contribution in [3.8, 4) is 0 Å². The highest BCUT2D eigenvalue weighted by molar-refractivity contribution is 5.67. The van der Waals surface area contributed by atoms with E-state index in [0.717, 1.165) is 0 Å². The van der Waals surface area contributed by atoms with Crippen LogP contribution in [0.1, 0.15) is 34.6 Å². The second-order valence-electron chi connectivity index (χ2n) is 4.72. The molecule has 0 saturated carbocycles. The first-order valence-electron chi connectivity index (χ1n) is 4.89. The molecule has 0 aliphatic heterocycles. The molecule has 0 bridgehead atoms. The molecule has 0 radical (unpaired) electrons. The number of carbonyl (C=O) groups is 1. The maximum Gasteiger partial charge on any atom is 0.410 e. The van der Waals surface area contributed by atoms with Gasteiger partial charge in [0.15, 0.2) is 0 Å². The van der Waals surface area contributed by atoms with E-state index in [0.29, 0.717) is 6.67 Å². The Morgan fingerprint density at radius 2 is 1.93 bits per heavy atom. The first-order valence-corrected chi connectivity index (χ1v) is 4.89. The highest BCUT2D eigenvalue weighted by atomic mass is 16.6. The lowest BCUT2D eigenvalue weighted by Crippen LogP contribution is -2.45. The monoisotopic (exact) mass is 202 g/mol. The number of carbonyl (C=O) groups excluding carboxylic acids is 1. The van der Waals surface area contributed by atoms with Crippen LogP contribution in [0.2, 0.25) is 0 Å². The predicted molar refractivity (Wildman–Crippen MR) is 57.1 cm³/mol. The van der Waals surface area contributed by atoms with Gasteiger partial charge in [0.1, 0.15) is 0 Å². The molecular formula is C10H22N2O2. The van der Waals surface area contributed by atoms with Gasteiger partial charge in [-0.05, 0) is 34.6 Å². The van der Waals surface area contributed by atoms with Gasteiger partial charge in [0.05, 0.1) is 12.8 Å². The minimum atomic E-state index is -0.295. The smallest absolute Gasteiger partial charge is 0.410 e. The Kier molecular flexibility index (Phi) is 4.91. The Morgan fingerprint density at radius 1 is 1.43 bits per heavy atom. The summed E-state index contributed by atoms with van der Waals surface area (Å²) in [5.74, 6) is 0. The van der Waals surface area contributed by atoms with E-state index in [2.05, 4.69) is 26.1 Å². The zero-order valence-corrected chi connectivity index (χ0v) is 10.0. The van der Waals surface area contributed by atoms with E-state index >= 15 is 0 Å². The molecule has 1 amide bonds. The standard InChI is InChI=1S/C10H22N2O2/c1-8(2)14-9(13)12(6)7-11-10(3,4)5/h8,11H,7H2,1-6H3. The fourth-order valence-corrected chi connectivity index (χ4v) is 0.712. The van der Waals surface area contributed by atoms with Crippen molar-refractivity contribution in [2.45, 2.75) is 46.3 Å². The largest absolute Gasteiger partial charge is 0.447 e. The van der Waals surface area contributed by atoms with Gasteiger partial charge in [0, 0.05) is 12.6 Å². The van der Waals surface area contributed by atoms with Crippen LogP contribution in [0.3, 0.4) is 0 Å². The maximum atomic E-state index is 11.3. The first kappa shape index (κ1) is 13.2. The van der Waals surface area contributed by atoms with E-state index in [1.807, 2.05) is 13.8 Å². The van der Waals surface area contributed by atoms with E-state index in [9.17, 15) is 4.79 Å². The van der Waals surface area contributed by atoms with Crippen LogP contribution in [0.15, 0.2) is 0 Å². The zero-order valence-electron chi connectivity index (χ0n) is 10.0. The molecule has 14 heavy (non-hydrogen) atoms. The molecule has 0 unspecified atom stereocenters. The third kappa shape index (κ3) is 6.71. The van der Waals surface area contributed by atoms with Crippen LogP contribution in [0.25, 0.3) is 0 Å². The zero-order chi connectivity index (χ0) is 11.4. The molecular weight excluding hydrogens is 180 g/mol. The van der Waals surface area contributed by atoms with E-state index in [1.54, 1.807) is 7.05 Å². The molecule has 0 saturated heterocycles. The highest BCUT2D eigenvalue weighted by Gasteiger charge is 2.14. The summed E-state index contributed by atoms with van der Waals surface area (Å²) in [5, 5.41) is 3.20. The number of hydrogen-bond acceptors (Lipinski definition) is 3. The quantitative estimate of drug-likeness (QED) is 0.710. The van der Waals surface area contributed by atoms with Gasteiger partial charge in [-0.2, -0.15) is 0 Å². The fourth-order valence-electron chi connectivity index (χ4n) is 0.712. The molecule has 0 aliphatic rings. The lowest BCUT2D eigenvalue weighted by Gasteiger charge is -2.25. The van der Waals surface area contributed by atoms with Crippen molar-refractivity contribution < 1.29 is 9.53 Å². The Hall–Kier alpha value is -0.770. The predicted octanol–water partition coefficient (Wildman–Crippen LogP) is 1.81. The van der Waals surface area contributed by atoms with Gasteiger partial charge >= 0.3 is 6.09 Å². The Labute approximate surface area is 86.6 Å². The fraction of sp³-hybridized carbons (Fsp3) is 0.900. The summed E-state index contributed by atoms with van der Waals surface area (Å²) in [4.78, 5) is 12.9. The molecule has 0 aromatic carbocycles. The normalized spacial score (nSPS) is 11.6. The van der Waals surface area contributed by atoms with Crippen molar-refractivity contribution in [2.24, 2.45) is 0 Å². The van der Waals surface area contributed by atoms with Crippen molar-refractivity contribution in [3.63, 3.8) is 0 Å². The Bertz CT molecular complexity index is 185. The summed E-state index contributed by atoms with van der Waals surface area (Å²) in [6, 6.07) is 0. The summed E-state index contributed by atoms with van der Waals surface area (Å²) in [6.07, 6.45) is -0.365. The van der Waals surface area contributed by atoms with Gasteiger partial charge in [-0.25, -0.2) is 4.79 Å². The molecule has 0 rings (SSSR count). The van der Waals surface area contributed by atoms with Crippen LogP contribution in [-0.2, 0) is 4.74 Å². The Balaban J connectivity index is 3.85. The van der Waals surface area contributed by atoms with Crippen molar-refractivity contribution in [3.05, 3.63) is 0 Å². The van der Waals surface area contributed by atoms with Crippen LogP contribution in [-0.4, -0.2) is 36.4 Å². The summed E-state index contributed by atoms with van der Waals surface area (Å²) >= 11 is 0. The number of amides is 1. The van der Waals surface area contributed by atoms with Crippen LogP contribution in [0.5, 0.6) is 0 Å². The maximum absolute atomic E-state index is 11.3. The van der Waals surface area contributed by atoms with Crippen LogP contribution in [0, 0.1) is 0 Å². The molecule has 0 spiro atoms. The molecule has 0 aliphatic carbocycles. The lowest BCUT2D eigenvalue weighted by atomic mass is 10.1. The van der Waals surface area contributed by atoms with Gasteiger partial charge in [-0.3, -0.25) is 10.2 Å². The first-order chi connectivity index (χ1) is 6.22. The second-order valence-corrected chi connectivity index (χ2v) is 4.72. The van der Waals surface area contributed by atoms with E-state index < -0.39 is 0 Å². The summed E-state index contributed by atoms with van der Waals surface area (Å²) in [6.45, 7) is 10.3. The number of hydrogen-bond donors (Lipinski definition) is 1. The minimum Gasteiger partial charge on any atom is -0.447 e. The number of nitrogens with zero attached hydrogens (tertiary/aromatic N) is 1. The van der Waals surface area contributed by atoms with Crippen molar-refractivity contribution >= 4 is 6.09 Å². The average molecular weight is 202 g/mol. The molecule has 0 aromatic rings. The molecule has 0 heterocycles. The summed E-state index contributed by atoms with van der Waals surface area (Å²) in [7, 11) is 1.71. The highest BCUT2D eigenvalue weighted by Crippen LogP contribution is 2.00. The average Bonchev–Trinajstić information content (AvgIpc) is 1.97. The lowest BCUT2D eigenvalue weighted by molar-refractivity contribution is 0.0798. The van der Waals surface area contributed by atoms with Crippen LogP contribution in [0.4, 0.5) is 4.79 Å². The topological polar surface area (TPSA) is 41.6 Å². The van der Waals surface area contributed by atoms with Crippen LogP contribution < -0.4 is 5.32 Å². The molecule has 84 valence electrons. The molecule has 1 N–H and O–H groups in total.